The molecule has 0 aromatic heterocycles. The summed E-state index contributed by atoms with van der Waals surface area (Å²) in [6.45, 7) is 19.8. The highest BCUT2D eigenvalue weighted by molar-refractivity contribution is 6.70. The van der Waals surface area contributed by atoms with Crippen LogP contribution < -0.4 is 19.9 Å². The van der Waals surface area contributed by atoms with E-state index >= 15 is 0 Å². The second-order valence-corrected chi connectivity index (χ2v) is 9.64. The van der Waals surface area contributed by atoms with Crippen molar-refractivity contribution in [2.45, 2.75) is 86.0 Å². The fraction of sp³-hybridized carbons (Fsp3) is 1.00. The van der Waals surface area contributed by atoms with Gasteiger partial charge >= 0.3 is 8.72 Å². The van der Waals surface area contributed by atoms with Crippen molar-refractivity contribution < 1.29 is 0 Å². The average Bonchev–Trinajstić information content (AvgIpc) is 1.92. The molecule has 0 aliphatic rings. The molecule has 0 heterocycles. The Balaban J connectivity index is 5.10. The Bertz CT molecular complexity index is 207. The van der Waals surface area contributed by atoms with Crippen LogP contribution in [0, 0.1) is 0 Å². The van der Waals surface area contributed by atoms with Gasteiger partial charge in [-0.25, -0.2) is 0 Å². The maximum atomic E-state index is 3.77. The molecule has 0 saturated heterocycles. The lowest BCUT2D eigenvalue weighted by atomic mass is 10.1. The first kappa shape index (κ1) is 18.1. The fourth-order valence-electron chi connectivity index (χ4n) is 2.09. The van der Waals surface area contributed by atoms with Crippen LogP contribution in [0.5, 0.6) is 0 Å². The second kappa shape index (κ2) is 7.00. The van der Waals surface area contributed by atoms with Crippen LogP contribution >= 0.6 is 0 Å². The van der Waals surface area contributed by atoms with Crippen molar-refractivity contribution in [1.29, 1.82) is 0 Å². The molecule has 4 N–H and O–H groups in total. The molecular formula is C13H34N4Si. The van der Waals surface area contributed by atoms with E-state index in [1.807, 2.05) is 0 Å². The summed E-state index contributed by atoms with van der Waals surface area (Å²) in [5.74, 6) is 0. The van der Waals surface area contributed by atoms with Crippen molar-refractivity contribution in [3.8, 4) is 0 Å². The Morgan fingerprint density at radius 2 is 0.944 bits per heavy atom. The highest BCUT2D eigenvalue weighted by Gasteiger charge is 2.39. The zero-order valence-electron chi connectivity index (χ0n) is 13.7. The van der Waals surface area contributed by atoms with E-state index in [0.29, 0.717) is 18.1 Å². The molecule has 0 radical (unpaired) electrons. The molecule has 0 aliphatic carbocycles. The Kier molecular flexibility index (Phi) is 7.03. The Morgan fingerprint density at radius 3 is 1.11 bits per heavy atom. The second-order valence-electron chi connectivity index (χ2n) is 7.02. The van der Waals surface area contributed by atoms with Gasteiger partial charge in [0.15, 0.2) is 0 Å². The van der Waals surface area contributed by atoms with Gasteiger partial charge in [-0.1, -0.05) is 41.5 Å². The quantitative estimate of drug-likeness (QED) is 0.535. The van der Waals surface area contributed by atoms with E-state index < -0.39 is 8.72 Å². The lowest BCUT2D eigenvalue weighted by molar-refractivity contribution is 0.461. The number of hydrogen-bond acceptors (Lipinski definition) is 4. The molecule has 0 spiro atoms. The van der Waals surface area contributed by atoms with Gasteiger partial charge in [0, 0.05) is 5.54 Å². The van der Waals surface area contributed by atoms with Crippen molar-refractivity contribution >= 4 is 8.72 Å². The van der Waals surface area contributed by atoms with Gasteiger partial charge in [-0.2, -0.15) is 0 Å². The van der Waals surface area contributed by atoms with E-state index in [1.54, 1.807) is 0 Å². The molecule has 5 heteroatoms. The molecule has 0 saturated carbocycles. The zero-order valence-corrected chi connectivity index (χ0v) is 14.7. The molecule has 0 atom stereocenters. The minimum absolute atomic E-state index is 0.0674. The first-order valence-corrected chi connectivity index (χ1v) is 9.08. The minimum atomic E-state index is -2.12. The van der Waals surface area contributed by atoms with E-state index in [-0.39, 0.29) is 5.54 Å². The van der Waals surface area contributed by atoms with Crippen LogP contribution in [0.2, 0.25) is 0 Å². The largest absolute Gasteiger partial charge is 0.366 e. The van der Waals surface area contributed by atoms with Gasteiger partial charge in [0.05, 0.1) is 0 Å². The number of nitrogens with one attached hydrogen (secondary N) is 4. The fourth-order valence-corrected chi connectivity index (χ4v) is 6.28. The summed E-state index contributed by atoms with van der Waals surface area (Å²) in [4.78, 5) is 14.9. The maximum absolute atomic E-state index is 3.77. The predicted octanol–water partition coefficient (Wildman–Crippen LogP) is 1.80. The predicted molar refractivity (Wildman–Crippen MR) is 83.5 cm³/mol. The van der Waals surface area contributed by atoms with Crippen LogP contribution in [-0.2, 0) is 0 Å². The molecule has 110 valence electrons. The molecule has 4 nitrogen and oxygen atoms in total. The molecular weight excluding hydrogens is 240 g/mol. The third-order valence-corrected chi connectivity index (χ3v) is 6.23. The highest BCUT2D eigenvalue weighted by atomic mass is 28.4. The van der Waals surface area contributed by atoms with E-state index in [1.165, 1.54) is 0 Å². The van der Waals surface area contributed by atoms with Crippen molar-refractivity contribution in [3.63, 3.8) is 0 Å². The lowest BCUT2D eigenvalue weighted by Crippen LogP contribution is -2.85. The third kappa shape index (κ3) is 8.21. The van der Waals surface area contributed by atoms with Gasteiger partial charge in [-0.15, -0.1) is 0 Å². The van der Waals surface area contributed by atoms with Crippen LogP contribution in [0.3, 0.4) is 0 Å². The third-order valence-electron chi connectivity index (χ3n) is 2.08. The van der Waals surface area contributed by atoms with Crippen LogP contribution in [0.25, 0.3) is 0 Å². The maximum Gasteiger partial charge on any atom is 0.366 e. The monoisotopic (exact) mass is 274 g/mol. The summed E-state index contributed by atoms with van der Waals surface area (Å²) in [5.41, 5.74) is 0.0674. The number of hydrogen-bond donors (Lipinski definition) is 4. The first-order chi connectivity index (χ1) is 7.96. The smallest absolute Gasteiger partial charge is 0.298 e. The van der Waals surface area contributed by atoms with Gasteiger partial charge in [0.1, 0.15) is 0 Å². The molecule has 0 fully saturated rings. The Hall–Kier alpha value is 0.0569. The molecule has 0 bridgehead atoms. The van der Waals surface area contributed by atoms with Crippen LogP contribution in [0.15, 0.2) is 0 Å². The van der Waals surface area contributed by atoms with Gasteiger partial charge in [0.2, 0.25) is 0 Å². The highest BCUT2D eigenvalue weighted by Crippen LogP contribution is 2.04. The SMILES string of the molecule is CC(C)N[Si](NC(C)C)(NC(C)C)NC(C)(C)C. The van der Waals surface area contributed by atoms with Gasteiger partial charge in [-0.05, 0) is 38.9 Å². The summed E-state index contributed by atoms with van der Waals surface area (Å²) in [5, 5.41) is 0. The summed E-state index contributed by atoms with van der Waals surface area (Å²) < 4.78 is 0. The topological polar surface area (TPSA) is 48.1 Å². The summed E-state index contributed by atoms with van der Waals surface area (Å²) in [7, 11) is -2.12. The van der Waals surface area contributed by atoms with Crippen molar-refractivity contribution in [2.24, 2.45) is 0 Å². The van der Waals surface area contributed by atoms with Crippen LogP contribution in [-0.4, -0.2) is 32.4 Å². The first-order valence-electron chi connectivity index (χ1n) is 7.08. The standard InChI is InChI=1S/C13H34N4Si/c1-10(2)14-18(15-11(3)4,16-12(5)6)17-13(7,8)9/h10-12,14-17H,1-9H3. The lowest BCUT2D eigenvalue weighted by Gasteiger charge is -2.42. The van der Waals surface area contributed by atoms with Crippen molar-refractivity contribution in [1.82, 2.24) is 19.9 Å². The molecule has 0 aromatic carbocycles. The molecule has 0 aliphatic heterocycles. The van der Waals surface area contributed by atoms with Gasteiger partial charge < -0.3 is 0 Å². The summed E-state index contributed by atoms with van der Waals surface area (Å²) in [6.07, 6.45) is 0. The minimum Gasteiger partial charge on any atom is -0.298 e. The van der Waals surface area contributed by atoms with E-state index in [9.17, 15) is 0 Å². The number of rotatable bonds is 7. The average molecular weight is 275 g/mol. The Morgan fingerprint density at radius 1 is 0.667 bits per heavy atom. The van der Waals surface area contributed by atoms with Crippen LogP contribution in [0.1, 0.15) is 62.3 Å². The summed E-state index contributed by atoms with van der Waals surface area (Å²) >= 11 is 0. The Labute approximate surface area is 115 Å². The van der Waals surface area contributed by atoms with Crippen molar-refractivity contribution in [3.05, 3.63) is 0 Å². The van der Waals surface area contributed by atoms with Gasteiger partial charge in [-0.3, -0.25) is 19.9 Å². The van der Waals surface area contributed by atoms with E-state index in [0.717, 1.165) is 0 Å². The normalized spacial score (nSPS) is 14.0. The van der Waals surface area contributed by atoms with E-state index in [4.69, 9.17) is 0 Å². The summed E-state index contributed by atoms with van der Waals surface area (Å²) in [6, 6.07) is 1.30. The molecule has 0 amide bonds. The van der Waals surface area contributed by atoms with Crippen molar-refractivity contribution in [2.75, 3.05) is 0 Å². The van der Waals surface area contributed by atoms with Gasteiger partial charge in [0.25, 0.3) is 0 Å². The van der Waals surface area contributed by atoms with E-state index in [2.05, 4.69) is 82.2 Å². The van der Waals surface area contributed by atoms with Crippen LogP contribution in [0.4, 0.5) is 0 Å². The zero-order chi connectivity index (χ0) is 14.6. The molecule has 0 rings (SSSR count). The molecule has 0 unspecified atom stereocenters. The molecule has 0 aromatic rings. The molecule has 18 heavy (non-hydrogen) atoms.